The second-order valence-corrected chi connectivity index (χ2v) is 3.77. The number of halogens is 1. The Hall–Kier alpha value is -2.17. The number of anilines is 3. The molecule has 0 radical (unpaired) electrons. The number of aryl methyl sites for hydroxylation is 1. The van der Waals surface area contributed by atoms with Crippen molar-refractivity contribution in [2.45, 2.75) is 13.8 Å². The maximum absolute atomic E-state index is 12.7. The van der Waals surface area contributed by atoms with Gasteiger partial charge in [-0.15, -0.1) is 0 Å². The normalized spacial score (nSPS) is 10.3. The maximum Gasteiger partial charge on any atom is 0.229 e. The molecule has 0 atom stereocenters. The van der Waals surface area contributed by atoms with E-state index in [-0.39, 0.29) is 5.82 Å². The van der Waals surface area contributed by atoms with Gasteiger partial charge in [0.1, 0.15) is 11.6 Å². The number of rotatable bonds is 2. The predicted molar refractivity (Wildman–Crippen MR) is 65.6 cm³/mol. The van der Waals surface area contributed by atoms with Gasteiger partial charge < -0.3 is 11.1 Å². The lowest BCUT2D eigenvalue weighted by molar-refractivity contribution is 0.628. The van der Waals surface area contributed by atoms with Crippen LogP contribution < -0.4 is 11.1 Å². The molecule has 0 saturated carbocycles. The van der Waals surface area contributed by atoms with Gasteiger partial charge in [-0.2, -0.15) is 4.98 Å². The zero-order valence-corrected chi connectivity index (χ0v) is 9.66. The molecule has 0 aliphatic rings. The van der Waals surface area contributed by atoms with Crippen molar-refractivity contribution in [3.63, 3.8) is 0 Å². The van der Waals surface area contributed by atoms with Crippen LogP contribution in [0.3, 0.4) is 0 Å². The van der Waals surface area contributed by atoms with E-state index in [4.69, 9.17) is 5.73 Å². The van der Waals surface area contributed by atoms with E-state index >= 15 is 0 Å². The minimum atomic E-state index is -0.281. The summed E-state index contributed by atoms with van der Waals surface area (Å²) in [5.41, 5.74) is 8.16. The van der Waals surface area contributed by atoms with E-state index in [1.165, 1.54) is 12.1 Å². The summed E-state index contributed by atoms with van der Waals surface area (Å²) in [7, 11) is 0. The van der Waals surface area contributed by atoms with Crippen molar-refractivity contribution < 1.29 is 4.39 Å². The van der Waals surface area contributed by atoms with E-state index < -0.39 is 0 Å². The Kier molecular flexibility index (Phi) is 2.91. The van der Waals surface area contributed by atoms with Gasteiger partial charge in [0.05, 0.1) is 0 Å². The largest absolute Gasteiger partial charge is 0.383 e. The quantitative estimate of drug-likeness (QED) is 0.835. The van der Waals surface area contributed by atoms with Gasteiger partial charge in [0.15, 0.2) is 0 Å². The fourth-order valence-corrected chi connectivity index (χ4v) is 1.37. The lowest BCUT2D eigenvalue weighted by Gasteiger charge is -2.08. The van der Waals surface area contributed by atoms with Gasteiger partial charge in [0.2, 0.25) is 5.95 Å². The van der Waals surface area contributed by atoms with Crippen LogP contribution in [0.2, 0.25) is 0 Å². The molecule has 5 heteroatoms. The van der Waals surface area contributed by atoms with Crippen LogP contribution in [0.25, 0.3) is 0 Å². The van der Waals surface area contributed by atoms with Crippen LogP contribution in [0, 0.1) is 19.7 Å². The molecule has 3 N–H and O–H groups in total. The molecule has 0 aliphatic heterocycles. The third-order valence-corrected chi connectivity index (χ3v) is 2.53. The molecule has 0 aliphatic carbocycles. The molecule has 2 rings (SSSR count). The number of benzene rings is 1. The highest BCUT2D eigenvalue weighted by Gasteiger charge is 2.05. The number of aromatic nitrogens is 2. The molecule has 0 fully saturated rings. The second-order valence-electron chi connectivity index (χ2n) is 3.77. The Morgan fingerprint density at radius 3 is 2.35 bits per heavy atom. The van der Waals surface area contributed by atoms with Crippen LogP contribution >= 0.6 is 0 Å². The lowest BCUT2D eigenvalue weighted by Crippen LogP contribution is -2.04. The summed E-state index contributed by atoms with van der Waals surface area (Å²) in [6, 6.07) is 5.97. The average molecular weight is 232 g/mol. The number of nitrogen functional groups attached to an aromatic ring is 1. The van der Waals surface area contributed by atoms with E-state index in [1.807, 2.05) is 13.8 Å². The standard InChI is InChI=1S/C12H13FN4/c1-7-8(2)15-12(17-11(7)14)16-10-5-3-9(13)4-6-10/h3-6H,1-2H3,(H3,14,15,16,17). The zero-order chi connectivity index (χ0) is 12.4. The van der Waals surface area contributed by atoms with Crippen molar-refractivity contribution in [3.05, 3.63) is 41.3 Å². The minimum absolute atomic E-state index is 0.281. The number of nitrogens with one attached hydrogen (secondary N) is 1. The zero-order valence-electron chi connectivity index (χ0n) is 9.66. The van der Waals surface area contributed by atoms with Crippen LogP contribution in [0.1, 0.15) is 11.3 Å². The predicted octanol–water partition coefficient (Wildman–Crippen LogP) is 2.56. The molecule has 0 spiro atoms. The molecule has 1 aromatic heterocycles. The van der Waals surface area contributed by atoms with Gasteiger partial charge in [-0.25, -0.2) is 9.37 Å². The summed E-state index contributed by atoms with van der Waals surface area (Å²) in [6.45, 7) is 3.73. The Balaban J connectivity index is 2.27. The Labute approximate surface area is 98.7 Å². The van der Waals surface area contributed by atoms with Crippen LogP contribution in [-0.4, -0.2) is 9.97 Å². The monoisotopic (exact) mass is 232 g/mol. The van der Waals surface area contributed by atoms with Gasteiger partial charge in [0, 0.05) is 16.9 Å². The number of hydrogen-bond donors (Lipinski definition) is 2. The Morgan fingerprint density at radius 1 is 1.12 bits per heavy atom. The lowest BCUT2D eigenvalue weighted by atomic mass is 10.2. The van der Waals surface area contributed by atoms with Crippen LogP contribution in [-0.2, 0) is 0 Å². The summed E-state index contributed by atoms with van der Waals surface area (Å²) in [5.74, 6) is 0.579. The van der Waals surface area contributed by atoms with Crippen molar-refractivity contribution in [2.24, 2.45) is 0 Å². The molecule has 0 bridgehead atoms. The Bertz CT molecular complexity index is 514. The molecule has 1 heterocycles. The van der Waals surface area contributed by atoms with E-state index in [0.29, 0.717) is 17.5 Å². The van der Waals surface area contributed by atoms with Gasteiger partial charge in [0.25, 0.3) is 0 Å². The molecule has 0 unspecified atom stereocenters. The maximum atomic E-state index is 12.7. The van der Waals surface area contributed by atoms with Crippen molar-refractivity contribution in [3.8, 4) is 0 Å². The van der Waals surface area contributed by atoms with Crippen molar-refractivity contribution in [1.29, 1.82) is 0 Å². The van der Waals surface area contributed by atoms with Crippen molar-refractivity contribution in [2.75, 3.05) is 11.1 Å². The summed E-state index contributed by atoms with van der Waals surface area (Å²) in [5, 5.41) is 2.97. The van der Waals surface area contributed by atoms with Gasteiger partial charge in [-0.05, 0) is 38.1 Å². The fraction of sp³-hybridized carbons (Fsp3) is 0.167. The highest BCUT2D eigenvalue weighted by molar-refractivity contribution is 5.55. The molecule has 4 nitrogen and oxygen atoms in total. The summed E-state index contributed by atoms with van der Waals surface area (Å²) in [4.78, 5) is 8.37. The molecular formula is C12H13FN4. The van der Waals surface area contributed by atoms with Gasteiger partial charge in [-0.3, -0.25) is 0 Å². The average Bonchev–Trinajstić information content (AvgIpc) is 2.29. The summed E-state index contributed by atoms with van der Waals surface area (Å²) < 4.78 is 12.7. The van der Waals surface area contributed by atoms with E-state index in [1.54, 1.807) is 12.1 Å². The first-order valence-electron chi connectivity index (χ1n) is 5.19. The first kappa shape index (κ1) is 11.3. The topological polar surface area (TPSA) is 63.8 Å². The molecule has 2 aromatic rings. The SMILES string of the molecule is Cc1nc(Nc2ccc(F)cc2)nc(N)c1C. The highest BCUT2D eigenvalue weighted by atomic mass is 19.1. The van der Waals surface area contributed by atoms with Crippen molar-refractivity contribution >= 4 is 17.5 Å². The number of nitrogens with zero attached hydrogens (tertiary/aromatic N) is 2. The molecule has 88 valence electrons. The molecule has 0 amide bonds. The summed E-state index contributed by atoms with van der Waals surface area (Å²) >= 11 is 0. The first-order chi connectivity index (χ1) is 8.06. The van der Waals surface area contributed by atoms with E-state index in [9.17, 15) is 4.39 Å². The van der Waals surface area contributed by atoms with E-state index in [2.05, 4.69) is 15.3 Å². The van der Waals surface area contributed by atoms with Gasteiger partial charge in [-0.1, -0.05) is 0 Å². The van der Waals surface area contributed by atoms with Crippen LogP contribution in [0.5, 0.6) is 0 Å². The molecule has 17 heavy (non-hydrogen) atoms. The number of nitrogens with two attached hydrogens (primary N) is 1. The molecular weight excluding hydrogens is 219 g/mol. The Morgan fingerprint density at radius 2 is 1.76 bits per heavy atom. The van der Waals surface area contributed by atoms with Crippen molar-refractivity contribution in [1.82, 2.24) is 9.97 Å². The first-order valence-corrected chi connectivity index (χ1v) is 5.19. The summed E-state index contributed by atoms with van der Waals surface area (Å²) in [6.07, 6.45) is 0. The third kappa shape index (κ3) is 2.50. The molecule has 1 aromatic carbocycles. The number of hydrogen-bond acceptors (Lipinski definition) is 4. The third-order valence-electron chi connectivity index (χ3n) is 2.53. The minimum Gasteiger partial charge on any atom is -0.383 e. The smallest absolute Gasteiger partial charge is 0.229 e. The second kappa shape index (κ2) is 4.37. The molecule has 0 saturated heterocycles. The van der Waals surface area contributed by atoms with Crippen LogP contribution in [0.15, 0.2) is 24.3 Å². The fourth-order valence-electron chi connectivity index (χ4n) is 1.37. The van der Waals surface area contributed by atoms with Crippen LogP contribution in [0.4, 0.5) is 21.8 Å². The van der Waals surface area contributed by atoms with Gasteiger partial charge >= 0.3 is 0 Å². The van der Waals surface area contributed by atoms with E-state index in [0.717, 1.165) is 11.3 Å². The highest BCUT2D eigenvalue weighted by Crippen LogP contribution is 2.17.